The van der Waals surface area contributed by atoms with E-state index in [2.05, 4.69) is 0 Å². The number of carbonyl (C=O) groups is 2. The highest BCUT2D eigenvalue weighted by molar-refractivity contribution is 8.07. The molecule has 28 heavy (non-hydrogen) atoms. The highest BCUT2D eigenvalue weighted by Crippen LogP contribution is 2.46. The third kappa shape index (κ3) is 4.90. The molecule has 0 aliphatic carbocycles. The summed E-state index contributed by atoms with van der Waals surface area (Å²) in [6, 6.07) is 4.74. The van der Waals surface area contributed by atoms with Gasteiger partial charge in [-0.2, -0.15) is 0 Å². The average molecular weight is 426 g/mol. The largest absolute Gasteiger partial charge is 0.496 e. The van der Waals surface area contributed by atoms with E-state index in [-0.39, 0.29) is 17.0 Å². The molecule has 0 saturated heterocycles. The summed E-state index contributed by atoms with van der Waals surface area (Å²) in [6.45, 7) is 5.48. The van der Waals surface area contributed by atoms with Gasteiger partial charge in [0, 0.05) is 17.6 Å². The summed E-state index contributed by atoms with van der Waals surface area (Å²) in [7, 11) is 1.46. The number of carboxylic acid groups (broad SMARTS) is 1. The molecule has 6 nitrogen and oxygen atoms in total. The van der Waals surface area contributed by atoms with Gasteiger partial charge in [-0.1, -0.05) is 36.7 Å². The van der Waals surface area contributed by atoms with Crippen LogP contribution in [0.4, 0.5) is 0 Å². The standard InChI is InChI=1S/C20H24ClNO5S/c1-5-6-9-22-16(28-18(20(2,3)26)17(22)19(24)25)11-14(23)13-10-12(21)7-8-15(13)27-4/h7-8,10-11,26H,5-6,9H2,1-4H3,(H,24,25). The Morgan fingerprint density at radius 3 is 2.57 bits per heavy atom. The Balaban J connectivity index is 2.50. The van der Waals surface area contributed by atoms with Gasteiger partial charge in [-0.25, -0.2) is 4.79 Å². The fourth-order valence-corrected chi connectivity index (χ4v) is 4.16. The molecule has 8 heteroatoms. The normalized spacial score (nSPS) is 16.1. The summed E-state index contributed by atoms with van der Waals surface area (Å²) < 4.78 is 5.24. The predicted octanol–water partition coefficient (Wildman–Crippen LogP) is 4.29. The topological polar surface area (TPSA) is 87.1 Å². The zero-order valence-corrected chi connectivity index (χ0v) is 17.9. The molecule has 1 aromatic rings. The molecule has 1 aliphatic rings. The van der Waals surface area contributed by atoms with Crippen molar-refractivity contribution >= 4 is 35.1 Å². The number of ketones is 1. The number of halogens is 1. The first-order chi connectivity index (χ1) is 13.1. The van der Waals surface area contributed by atoms with Crippen molar-refractivity contribution in [2.45, 2.75) is 39.2 Å². The zero-order chi connectivity index (χ0) is 21.1. The maximum absolute atomic E-state index is 12.9. The van der Waals surface area contributed by atoms with E-state index in [4.69, 9.17) is 16.3 Å². The van der Waals surface area contributed by atoms with Gasteiger partial charge in [-0.3, -0.25) is 4.79 Å². The molecule has 1 heterocycles. The second kappa shape index (κ2) is 9.03. The number of ether oxygens (including phenoxy) is 1. The highest BCUT2D eigenvalue weighted by atomic mass is 35.5. The first-order valence-electron chi connectivity index (χ1n) is 8.85. The summed E-state index contributed by atoms with van der Waals surface area (Å²) in [5.74, 6) is -1.12. The number of unbranched alkanes of at least 4 members (excludes halogenated alkanes) is 1. The van der Waals surface area contributed by atoms with Gasteiger partial charge in [0.2, 0.25) is 0 Å². The van der Waals surface area contributed by atoms with Crippen molar-refractivity contribution in [3.8, 4) is 5.75 Å². The smallest absolute Gasteiger partial charge is 0.353 e. The van der Waals surface area contributed by atoms with Gasteiger partial charge < -0.3 is 19.8 Å². The Morgan fingerprint density at radius 1 is 1.36 bits per heavy atom. The number of nitrogens with zero attached hydrogens (tertiary/aromatic N) is 1. The molecule has 0 fully saturated rings. The van der Waals surface area contributed by atoms with Crippen molar-refractivity contribution < 1.29 is 24.5 Å². The summed E-state index contributed by atoms with van der Waals surface area (Å²) >= 11 is 7.11. The van der Waals surface area contributed by atoms with Crippen LogP contribution in [0.2, 0.25) is 5.02 Å². The molecule has 0 radical (unpaired) electrons. The van der Waals surface area contributed by atoms with Gasteiger partial charge in [-0.05, 0) is 38.5 Å². The van der Waals surface area contributed by atoms with Crippen LogP contribution in [0.5, 0.6) is 5.75 Å². The molecule has 1 aliphatic heterocycles. The Kier molecular flexibility index (Phi) is 7.20. The lowest BCUT2D eigenvalue weighted by Gasteiger charge is -2.21. The van der Waals surface area contributed by atoms with Gasteiger partial charge in [0.25, 0.3) is 0 Å². The van der Waals surface area contributed by atoms with Gasteiger partial charge in [-0.15, -0.1) is 0 Å². The van der Waals surface area contributed by atoms with E-state index in [1.54, 1.807) is 17.0 Å². The molecule has 2 rings (SSSR count). The minimum Gasteiger partial charge on any atom is -0.496 e. The van der Waals surface area contributed by atoms with Crippen LogP contribution in [0.15, 0.2) is 39.9 Å². The predicted molar refractivity (Wildman–Crippen MR) is 111 cm³/mol. The number of methoxy groups -OCH3 is 1. The third-order valence-corrected chi connectivity index (χ3v) is 5.81. The van der Waals surface area contributed by atoms with Crippen LogP contribution >= 0.6 is 23.4 Å². The van der Waals surface area contributed by atoms with Crippen LogP contribution in [0.1, 0.15) is 44.0 Å². The molecule has 0 bridgehead atoms. The molecular formula is C20H24ClNO5S. The van der Waals surface area contributed by atoms with Gasteiger partial charge in [0.15, 0.2) is 5.78 Å². The SMILES string of the molecule is CCCCN1C(=CC(=O)c2cc(Cl)ccc2OC)SC(C(C)(C)O)=C1C(=O)O. The fraction of sp³-hybridized carbons (Fsp3) is 0.400. The molecule has 0 aromatic heterocycles. The van der Waals surface area contributed by atoms with Crippen LogP contribution in [0, 0.1) is 0 Å². The molecule has 152 valence electrons. The van der Waals surface area contributed by atoms with E-state index in [9.17, 15) is 19.8 Å². The van der Waals surface area contributed by atoms with E-state index in [0.29, 0.717) is 27.3 Å². The molecule has 0 unspecified atom stereocenters. The van der Waals surface area contributed by atoms with Crippen LogP contribution in [0.25, 0.3) is 0 Å². The molecule has 0 spiro atoms. The van der Waals surface area contributed by atoms with Gasteiger partial charge in [0.1, 0.15) is 11.4 Å². The van der Waals surface area contributed by atoms with Crippen molar-refractivity contribution in [3.05, 3.63) is 50.5 Å². The quantitative estimate of drug-likeness (QED) is 0.474. The van der Waals surface area contributed by atoms with E-state index in [1.807, 2.05) is 6.92 Å². The molecule has 0 amide bonds. The number of aliphatic carboxylic acids is 1. The lowest BCUT2D eigenvalue weighted by atomic mass is 10.1. The van der Waals surface area contributed by atoms with Crippen molar-refractivity contribution in [2.24, 2.45) is 0 Å². The van der Waals surface area contributed by atoms with Crippen LogP contribution in [0.3, 0.4) is 0 Å². The first-order valence-corrected chi connectivity index (χ1v) is 10.0. The maximum atomic E-state index is 12.9. The molecular weight excluding hydrogens is 402 g/mol. The van der Waals surface area contributed by atoms with Crippen LogP contribution in [-0.4, -0.2) is 46.1 Å². The van der Waals surface area contributed by atoms with Crippen LogP contribution in [-0.2, 0) is 4.79 Å². The minimum absolute atomic E-state index is 0.00283. The number of carbonyl (C=O) groups excluding carboxylic acids is 1. The maximum Gasteiger partial charge on any atom is 0.353 e. The number of hydrogen-bond acceptors (Lipinski definition) is 6. The Morgan fingerprint density at radius 2 is 2.04 bits per heavy atom. The number of hydrogen-bond donors (Lipinski definition) is 2. The van der Waals surface area contributed by atoms with E-state index in [1.165, 1.54) is 33.1 Å². The lowest BCUT2D eigenvalue weighted by molar-refractivity contribution is -0.134. The highest BCUT2D eigenvalue weighted by Gasteiger charge is 2.39. The van der Waals surface area contributed by atoms with Crippen molar-refractivity contribution in [1.82, 2.24) is 4.90 Å². The molecule has 1 aromatic carbocycles. The monoisotopic (exact) mass is 425 g/mol. The number of benzene rings is 1. The summed E-state index contributed by atoms with van der Waals surface area (Å²) in [5, 5.41) is 21.0. The Labute approximate surface area is 173 Å². The first kappa shape index (κ1) is 22.3. The molecule has 2 N–H and O–H groups in total. The lowest BCUT2D eigenvalue weighted by Crippen LogP contribution is -2.28. The Hall–Kier alpha value is -1.96. The van der Waals surface area contributed by atoms with Gasteiger partial charge >= 0.3 is 5.97 Å². The zero-order valence-electron chi connectivity index (χ0n) is 16.3. The van der Waals surface area contributed by atoms with Gasteiger partial charge in [0.05, 0.1) is 28.2 Å². The van der Waals surface area contributed by atoms with E-state index >= 15 is 0 Å². The van der Waals surface area contributed by atoms with Crippen molar-refractivity contribution in [2.75, 3.05) is 13.7 Å². The summed E-state index contributed by atoms with van der Waals surface area (Å²) in [4.78, 5) is 26.7. The third-order valence-electron chi connectivity index (χ3n) is 4.13. The number of aliphatic hydroxyl groups is 1. The van der Waals surface area contributed by atoms with E-state index in [0.717, 1.165) is 24.6 Å². The number of carboxylic acids is 1. The van der Waals surface area contributed by atoms with Crippen LogP contribution < -0.4 is 4.74 Å². The minimum atomic E-state index is -1.35. The van der Waals surface area contributed by atoms with Crippen molar-refractivity contribution in [3.63, 3.8) is 0 Å². The fourth-order valence-electron chi connectivity index (χ4n) is 2.78. The number of rotatable bonds is 8. The molecule has 0 atom stereocenters. The average Bonchev–Trinajstić information content (AvgIpc) is 2.98. The molecule has 0 saturated carbocycles. The summed E-state index contributed by atoms with van der Waals surface area (Å²) in [6.07, 6.45) is 2.97. The summed E-state index contributed by atoms with van der Waals surface area (Å²) in [5.41, 5.74) is -1.06. The number of allylic oxidation sites excluding steroid dienone is 1. The second-order valence-corrected chi connectivity index (χ2v) is 8.31. The number of thioether (sulfide) groups is 1. The van der Waals surface area contributed by atoms with E-state index < -0.39 is 11.6 Å². The second-order valence-electron chi connectivity index (χ2n) is 6.84. The van der Waals surface area contributed by atoms with Crippen molar-refractivity contribution in [1.29, 1.82) is 0 Å². The Bertz CT molecular complexity index is 841.